The molecule has 1 aromatic heterocycles. The summed E-state index contributed by atoms with van der Waals surface area (Å²) in [6.07, 6.45) is 2.87. The molecule has 1 unspecified atom stereocenters. The van der Waals surface area contributed by atoms with Crippen LogP contribution in [0.15, 0.2) is 36.7 Å². The minimum absolute atomic E-state index is 0.0370. The largest absolute Gasteiger partial charge is 0.289 e. The quantitative estimate of drug-likeness (QED) is 0.814. The Morgan fingerprint density at radius 3 is 2.26 bits per heavy atom. The number of hydrogen-bond donors (Lipinski definition) is 0. The van der Waals surface area contributed by atoms with Crippen LogP contribution in [-0.4, -0.2) is 15.8 Å². The fourth-order valence-corrected chi connectivity index (χ4v) is 2.21. The van der Waals surface area contributed by atoms with Crippen molar-refractivity contribution in [1.29, 1.82) is 5.26 Å². The number of Topliss-reactive ketones (excluding diaryl/α,β-unsaturated/α-hetero) is 1. The van der Waals surface area contributed by atoms with E-state index < -0.39 is 11.7 Å². The lowest BCUT2D eigenvalue weighted by Gasteiger charge is -2.11. The summed E-state index contributed by atoms with van der Waals surface area (Å²) in [5.74, 6) is -1.69. The second kappa shape index (κ2) is 5.79. The van der Waals surface area contributed by atoms with Crippen molar-refractivity contribution in [3.63, 3.8) is 0 Å². The molecule has 0 aliphatic carbocycles. The van der Waals surface area contributed by atoms with E-state index in [-0.39, 0.29) is 21.4 Å². The monoisotopic (exact) mass is 291 g/mol. The van der Waals surface area contributed by atoms with Crippen LogP contribution in [0, 0.1) is 11.3 Å². The molecule has 0 aliphatic rings. The SMILES string of the molecule is N#CC(C(=O)c1ncccn1)c1c(Cl)cccc1Cl. The van der Waals surface area contributed by atoms with Gasteiger partial charge >= 0.3 is 0 Å². The second-order valence-electron chi connectivity index (χ2n) is 3.63. The van der Waals surface area contributed by atoms with E-state index >= 15 is 0 Å². The zero-order valence-electron chi connectivity index (χ0n) is 9.55. The Hall–Kier alpha value is -1.96. The van der Waals surface area contributed by atoms with Gasteiger partial charge in [-0.2, -0.15) is 5.26 Å². The van der Waals surface area contributed by atoms with E-state index in [1.54, 1.807) is 24.3 Å². The normalized spacial score (nSPS) is 11.6. The highest BCUT2D eigenvalue weighted by molar-refractivity contribution is 6.36. The van der Waals surface area contributed by atoms with Crippen molar-refractivity contribution in [2.24, 2.45) is 0 Å². The molecule has 0 saturated heterocycles. The van der Waals surface area contributed by atoms with Crippen molar-refractivity contribution in [3.05, 3.63) is 58.1 Å². The van der Waals surface area contributed by atoms with E-state index in [9.17, 15) is 10.1 Å². The summed E-state index contributed by atoms with van der Waals surface area (Å²) in [6, 6.07) is 8.28. The first kappa shape index (κ1) is 13.5. The van der Waals surface area contributed by atoms with Gasteiger partial charge in [0, 0.05) is 28.0 Å². The Balaban J connectivity index is 2.47. The first-order valence-electron chi connectivity index (χ1n) is 5.30. The van der Waals surface area contributed by atoms with Crippen LogP contribution in [0.25, 0.3) is 0 Å². The molecule has 0 bridgehead atoms. The maximum Gasteiger partial charge on any atom is 0.221 e. The molecule has 0 amide bonds. The lowest BCUT2D eigenvalue weighted by molar-refractivity contribution is 0.0968. The van der Waals surface area contributed by atoms with E-state index in [0.29, 0.717) is 0 Å². The maximum atomic E-state index is 12.2. The third-order valence-corrected chi connectivity index (χ3v) is 3.13. The van der Waals surface area contributed by atoms with Gasteiger partial charge in [-0.1, -0.05) is 29.3 Å². The third-order valence-electron chi connectivity index (χ3n) is 2.47. The molecule has 1 aromatic carbocycles. The Labute approximate surface area is 119 Å². The van der Waals surface area contributed by atoms with Crippen LogP contribution in [0.1, 0.15) is 22.1 Å². The molecule has 0 radical (unpaired) electrons. The lowest BCUT2D eigenvalue weighted by atomic mass is 9.95. The molecule has 4 nitrogen and oxygen atoms in total. The summed E-state index contributed by atoms with van der Waals surface area (Å²) < 4.78 is 0. The van der Waals surface area contributed by atoms with Gasteiger partial charge in [-0.15, -0.1) is 0 Å². The molecule has 2 aromatic rings. The standard InChI is InChI=1S/C13H7Cl2N3O/c14-9-3-1-4-10(15)11(9)8(7-16)12(19)13-17-5-2-6-18-13/h1-6,8H. The topological polar surface area (TPSA) is 66.6 Å². The number of halogens is 2. The lowest BCUT2D eigenvalue weighted by Crippen LogP contribution is -2.15. The number of hydrogen-bond acceptors (Lipinski definition) is 4. The molecule has 1 heterocycles. The van der Waals surface area contributed by atoms with Gasteiger partial charge < -0.3 is 0 Å². The molecule has 0 aliphatic heterocycles. The fourth-order valence-electron chi connectivity index (χ4n) is 1.60. The predicted molar refractivity (Wildman–Crippen MR) is 71.2 cm³/mol. The summed E-state index contributed by atoms with van der Waals surface area (Å²) in [4.78, 5) is 19.9. The highest BCUT2D eigenvalue weighted by atomic mass is 35.5. The molecule has 1 atom stereocenters. The van der Waals surface area contributed by atoms with E-state index in [2.05, 4.69) is 9.97 Å². The van der Waals surface area contributed by atoms with E-state index in [1.807, 2.05) is 6.07 Å². The van der Waals surface area contributed by atoms with E-state index in [0.717, 1.165) is 0 Å². The average Bonchev–Trinajstić information content (AvgIpc) is 2.43. The van der Waals surface area contributed by atoms with Gasteiger partial charge in [0.1, 0.15) is 5.92 Å². The molecule has 6 heteroatoms. The average molecular weight is 292 g/mol. The number of carbonyl (C=O) groups excluding carboxylic acids is 1. The van der Waals surface area contributed by atoms with Gasteiger partial charge in [0.25, 0.3) is 0 Å². The van der Waals surface area contributed by atoms with Crippen LogP contribution in [0.2, 0.25) is 10.0 Å². The van der Waals surface area contributed by atoms with Gasteiger partial charge in [-0.05, 0) is 18.2 Å². The van der Waals surface area contributed by atoms with Crippen molar-refractivity contribution in [2.75, 3.05) is 0 Å². The smallest absolute Gasteiger partial charge is 0.221 e. The minimum Gasteiger partial charge on any atom is -0.289 e. The molecule has 19 heavy (non-hydrogen) atoms. The third kappa shape index (κ3) is 2.73. The Bertz CT molecular complexity index is 632. The Kier molecular flexibility index (Phi) is 4.10. The maximum absolute atomic E-state index is 12.2. The van der Waals surface area contributed by atoms with Crippen molar-refractivity contribution >= 4 is 29.0 Å². The molecular weight excluding hydrogens is 285 g/mol. The zero-order valence-corrected chi connectivity index (χ0v) is 11.1. The van der Waals surface area contributed by atoms with Crippen LogP contribution in [0.5, 0.6) is 0 Å². The van der Waals surface area contributed by atoms with Crippen LogP contribution >= 0.6 is 23.2 Å². The van der Waals surface area contributed by atoms with Crippen LogP contribution < -0.4 is 0 Å². The number of carbonyl (C=O) groups is 1. The summed E-state index contributed by atoms with van der Waals surface area (Å²) in [5.41, 5.74) is 0.283. The van der Waals surface area contributed by atoms with Gasteiger partial charge in [-0.25, -0.2) is 9.97 Å². The summed E-state index contributed by atoms with van der Waals surface area (Å²) >= 11 is 12.0. The summed E-state index contributed by atoms with van der Waals surface area (Å²) in [5, 5.41) is 9.75. The summed E-state index contributed by atoms with van der Waals surface area (Å²) in [6.45, 7) is 0. The Morgan fingerprint density at radius 2 is 1.74 bits per heavy atom. The molecule has 0 N–H and O–H groups in total. The molecule has 0 saturated carbocycles. The van der Waals surface area contributed by atoms with Crippen molar-refractivity contribution < 1.29 is 4.79 Å². The minimum atomic E-state index is -1.12. The number of rotatable bonds is 3. The highest BCUT2D eigenvalue weighted by Crippen LogP contribution is 2.32. The molecule has 0 spiro atoms. The predicted octanol–water partition coefficient (Wildman–Crippen LogP) is 3.27. The number of benzene rings is 1. The number of nitriles is 1. The van der Waals surface area contributed by atoms with Gasteiger partial charge in [0.05, 0.1) is 6.07 Å². The first-order valence-corrected chi connectivity index (χ1v) is 6.05. The van der Waals surface area contributed by atoms with Gasteiger partial charge in [-0.3, -0.25) is 4.79 Å². The van der Waals surface area contributed by atoms with Crippen LogP contribution in [0.3, 0.4) is 0 Å². The van der Waals surface area contributed by atoms with Crippen molar-refractivity contribution in [3.8, 4) is 6.07 Å². The van der Waals surface area contributed by atoms with Gasteiger partial charge in [0.2, 0.25) is 5.78 Å². The molecule has 2 rings (SSSR count). The second-order valence-corrected chi connectivity index (χ2v) is 4.45. The summed E-state index contributed by atoms with van der Waals surface area (Å²) in [7, 11) is 0. The number of aromatic nitrogens is 2. The molecular formula is C13H7Cl2N3O. The first-order chi connectivity index (χ1) is 9.15. The van der Waals surface area contributed by atoms with Crippen LogP contribution in [0.4, 0.5) is 0 Å². The molecule has 0 fully saturated rings. The fraction of sp³-hybridized carbons (Fsp3) is 0.0769. The van der Waals surface area contributed by atoms with E-state index in [1.165, 1.54) is 12.4 Å². The van der Waals surface area contributed by atoms with Crippen LogP contribution in [-0.2, 0) is 0 Å². The highest BCUT2D eigenvalue weighted by Gasteiger charge is 2.27. The Morgan fingerprint density at radius 1 is 1.16 bits per heavy atom. The number of nitrogens with zero attached hydrogens (tertiary/aromatic N) is 3. The van der Waals surface area contributed by atoms with E-state index in [4.69, 9.17) is 23.2 Å². The number of ketones is 1. The van der Waals surface area contributed by atoms with Gasteiger partial charge in [0.15, 0.2) is 5.82 Å². The van der Waals surface area contributed by atoms with Crippen molar-refractivity contribution in [2.45, 2.75) is 5.92 Å². The molecule has 94 valence electrons. The van der Waals surface area contributed by atoms with Crippen molar-refractivity contribution in [1.82, 2.24) is 9.97 Å². The zero-order chi connectivity index (χ0) is 13.8.